The molecule has 18 heteroatoms. The summed E-state index contributed by atoms with van der Waals surface area (Å²) in [7, 11) is 3.86. The number of hydrogen-bond donors (Lipinski definition) is 4. The number of nitrogens with zero attached hydrogens (tertiary/aromatic N) is 8. The second kappa shape index (κ2) is 22.3. The van der Waals surface area contributed by atoms with Gasteiger partial charge in [0.15, 0.2) is 22.9 Å². The first-order valence-electron chi connectivity index (χ1n) is 20.1. The van der Waals surface area contributed by atoms with E-state index in [2.05, 4.69) is 86.8 Å². The number of carbonyl (C=O) groups excluding carboxylic acids is 2. The van der Waals surface area contributed by atoms with E-state index in [1.165, 1.54) is 0 Å². The lowest BCUT2D eigenvalue weighted by molar-refractivity contribution is -0.119. The minimum atomic E-state index is -0.417. The van der Waals surface area contributed by atoms with E-state index in [0.717, 1.165) is 113 Å². The standard InChI is InChI=1S/C21H25BrN6O.C17H14BrClN4O.C4H12N2.ClH/c1-3-9-28-12-16-19(18-15-11-14(22)6-5-13(15)10-17(18)29)25-21(26-20(16)27-28)24-8-4-7-23-2;1-2-5-23-8-12-15(20-17(19)21-16(12)22-23)14-11-7-10(18)4-3-9(11)6-13(14)24;1-6-4-2-3-5;/h5-6,11-12,18,23H,3-4,7-10H2,1-2H3,(H,24,26,27);3-4,7-8,14H,2,5-6H2,1H3;6H,2-5H2,1H3;1H. The number of nitrogens with one attached hydrogen (secondary N) is 3. The fourth-order valence-electron chi connectivity index (χ4n) is 7.39. The maximum Gasteiger partial charge on any atom is 1.00 e. The van der Waals surface area contributed by atoms with Crippen LogP contribution in [0.4, 0.5) is 5.95 Å². The maximum absolute atomic E-state index is 13.0. The van der Waals surface area contributed by atoms with Gasteiger partial charge in [-0.1, -0.05) is 57.8 Å². The molecule has 4 aromatic heterocycles. The minimum absolute atomic E-state index is 0. The lowest BCUT2D eigenvalue weighted by Crippen LogP contribution is -3.00. The number of halogens is 4. The number of fused-ring (bicyclic) bond motifs is 4. The molecule has 8 rings (SSSR count). The zero-order valence-corrected chi connectivity index (χ0v) is 38.9. The van der Waals surface area contributed by atoms with Crippen molar-refractivity contribution in [3.05, 3.63) is 96.7 Å². The number of carbonyl (C=O) groups is 2. The van der Waals surface area contributed by atoms with Crippen LogP contribution in [0.5, 0.6) is 0 Å². The topological polar surface area (TPSA) is 183 Å². The van der Waals surface area contributed by atoms with Gasteiger partial charge in [-0.15, -0.1) is 0 Å². The molecule has 2 aliphatic rings. The SMILES string of the molecule is CCCn1cc2c(C3C(=O)Cc4ccc(Br)cc43)nc(Cl)nc2n1.CCCn1cc2c(C3C(=O)Cc4ccc(Br)cc43)nc(NCCCNC)nc2n1.CNCCCN.[Cl-].[H+]. The van der Waals surface area contributed by atoms with Crippen LogP contribution in [-0.2, 0) is 35.5 Å². The average molecular weight is 988 g/mol. The van der Waals surface area contributed by atoms with Crippen molar-refractivity contribution in [2.45, 2.75) is 77.3 Å². The molecule has 14 nitrogen and oxygen atoms in total. The monoisotopic (exact) mass is 984 g/mol. The molecule has 320 valence electrons. The Morgan fingerprint density at radius 3 is 1.73 bits per heavy atom. The quantitative estimate of drug-likeness (QED) is 0.0916. The molecule has 2 atom stereocenters. The Morgan fingerprint density at radius 1 is 0.750 bits per heavy atom. The predicted octanol–water partition coefficient (Wildman–Crippen LogP) is 3.86. The van der Waals surface area contributed by atoms with E-state index < -0.39 is 5.92 Å². The van der Waals surface area contributed by atoms with Gasteiger partial charge in [-0.3, -0.25) is 19.0 Å². The van der Waals surface area contributed by atoms with Gasteiger partial charge in [0, 0.05) is 53.8 Å². The lowest BCUT2D eigenvalue weighted by atomic mass is 9.95. The van der Waals surface area contributed by atoms with Crippen molar-refractivity contribution in [2.75, 3.05) is 45.6 Å². The summed E-state index contributed by atoms with van der Waals surface area (Å²) < 4.78 is 5.64. The van der Waals surface area contributed by atoms with Crippen LogP contribution in [-0.4, -0.2) is 91.3 Å². The van der Waals surface area contributed by atoms with E-state index in [-0.39, 0.29) is 36.6 Å². The lowest BCUT2D eigenvalue weighted by Gasteiger charge is -2.13. The van der Waals surface area contributed by atoms with Gasteiger partial charge >= 0.3 is 1.43 Å². The molecule has 0 bridgehead atoms. The largest absolute Gasteiger partial charge is 1.00 e. The molecule has 0 fully saturated rings. The first kappa shape index (κ1) is 47.2. The third-order valence-electron chi connectivity index (χ3n) is 10.1. The first-order chi connectivity index (χ1) is 28.6. The van der Waals surface area contributed by atoms with Crippen LogP contribution in [0, 0.1) is 0 Å². The van der Waals surface area contributed by atoms with E-state index in [9.17, 15) is 9.59 Å². The molecule has 0 spiro atoms. The summed E-state index contributed by atoms with van der Waals surface area (Å²) in [6.45, 7) is 9.28. The number of rotatable bonds is 14. The highest BCUT2D eigenvalue weighted by Crippen LogP contribution is 2.40. The first-order valence-corrected chi connectivity index (χ1v) is 22.1. The third-order valence-corrected chi connectivity index (χ3v) is 11.2. The molecular formula is C42H52Br2Cl2N12O2. The minimum Gasteiger partial charge on any atom is -1.00 e. The van der Waals surface area contributed by atoms with Gasteiger partial charge in [0.2, 0.25) is 11.2 Å². The van der Waals surface area contributed by atoms with E-state index in [1.54, 1.807) is 0 Å². The summed E-state index contributed by atoms with van der Waals surface area (Å²) in [6.07, 6.45) is 8.71. The van der Waals surface area contributed by atoms with Crippen LogP contribution >= 0.6 is 43.5 Å². The predicted molar refractivity (Wildman–Crippen MR) is 241 cm³/mol. The van der Waals surface area contributed by atoms with Crippen molar-refractivity contribution in [3.8, 4) is 0 Å². The number of anilines is 1. The number of Topliss-reactive ketones (excluding diaryl/α,β-unsaturated/α-hetero) is 2. The summed E-state index contributed by atoms with van der Waals surface area (Å²) in [6, 6.07) is 12.0. The molecule has 0 aliphatic heterocycles. The van der Waals surface area contributed by atoms with Crippen molar-refractivity contribution in [3.63, 3.8) is 0 Å². The molecule has 60 heavy (non-hydrogen) atoms. The van der Waals surface area contributed by atoms with Crippen LogP contribution in [0.3, 0.4) is 0 Å². The maximum atomic E-state index is 13.0. The Hall–Kier alpha value is -3.90. The molecule has 6 aromatic rings. The number of nitrogens with two attached hydrogens (primary N) is 1. The summed E-state index contributed by atoms with van der Waals surface area (Å²) in [5, 5.41) is 20.3. The molecule has 0 saturated carbocycles. The summed E-state index contributed by atoms with van der Waals surface area (Å²) in [5.41, 5.74) is 11.8. The number of ketones is 2. The van der Waals surface area contributed by atoms with Crippen molar-refractivity contribution in [1.29, 1.82) is 0 Å². The van der Waals surface area contributed by atoms with Crippen LogP contribution in [0.1, 0.15) is 86.4 Å². The Balaban J connectivity index is 0.000000233. The number of aromatic nitrogens is 8. The van der Waals surface area contributed by atoms with Gasteiger partial charge in [-0.05, 0) is 118 Å². The van der Waals surface area contributed by atoms with Crippen molar-refractivity contribution in [1.82, 2.24) is 50.1 Å². The molecule has 5 N–H and O–H groups in total. The van der Waals surface area contributed by atoms with Crippen LogP contribution in [0.15, 0.2) is 57.7 Å². The van der Waals surface area contributed by atoms with Gasteiger partial charge < -0.3 is 34.1 Å². The normalized spacial score (nSPS) is 15.3. The highest BCUT2D eigenvalue weighted by molar-refractivity contribution is 9.10. The highest BCUT2D eigenvalue weighted by atomic mass is 79.9. The molecular weight excluding hydrogens is 935 g/mol. The van der Waals surface area contributed by atoms with Gasteiger partial charge in [-0.2, -0.15) is 20.2 Å². The zero-order chi connectivity index (χ0) is 42.1. The summed E-state index contributed by atoms with van der Waals surface area (Å²) in [5.74, 6) is 0.0244. The van der Waals surface area contributed by atoms with Gasteiger partial charge in [0.1, 0.15) is 0 Å². The van der Waals surface area contributed by atoms with Crippen LogP contribution < -0.4 is 34.1 Å². The molecule has 0 amide bonds. The van der Waals surface area contributed by atoms with Crippen molar-refractivity contribution in [2.24, 2.45) is 5.73 Å². The zero-order valence-electron chi connectivity index (χ0n) is 35.2. The van der Waals surface area contributed by atoms with Gasteiger partial charge in [0.05, 0.1) is 34.0 Å². The molecule has 4 heterocycles. The summed E-state index contributed by atoms with van der Waals surface area (Å²) in [4.78, 5) is 43.7. The molecule has 2 unspecified atom stereocenters. The smallest absolute Gasteiger partial charge is 1.00 e. The Labute approximate surface area is 379 Å². The average Bonchev–Trinajstić information content (AvgIpc) is 3.97. The van der Waals surface area contributed by atoms with Crippen LogP contribution in [0.25, 0.3) is 22.1 Å². The van der Waals surface area contributed by atoms with Crippen LogP contribution in [0.2, 0.25) is 5.28 Å². The Morgan fingerprint density at radius 2 is 1.25 bits per heavy atom. The summed E-state index contributed by atoms with van der Waals surface area (Å²) >= 11 is 13.1. The van der Waals surface area contributed by atoms with Gasteiger partial charge in [-0.25, -0.2) is 9.97 Å². The third kappa shape index (κ3) is 11.1. The van der Waals surface area contributed by atoms with E-state index >= 15 is 0 Å². The Kier molecular flexibility index (Phi) is 17.5. The number of hydrogen-bond acceptors (Lipinski definition) is 12. The number of benzene rings is 2. The molecule has 0 saturated heterocycles. The second-order valence-corrected chi connectivity index (χ2v) is 16.7. The van der Waals surface area contributed by atoms with E-state index in [0.29, 0.717) is 35.8 Å². The molecule has 2 aromatic carbocycles. The van der Waals surface area contributed by atoms with Crippen molar-refractivity contribution >= 4 is 83.0 Å². The van der Waals surface area contributed by atoms with Crippen molar-refractivity contribution < 1.29 is 23.4 Å². The van der Waals surface area contributed by atoms with E-state index in [4.69, 9.17) is 22.3 Å². The fraction of sp³-hybridized carbons (Fsp3) is 0.429. The van der Waals surface area contributed by atoms with Gasteiger partial charge in [0.25, 0.3) is 0 Å². The molecule has 2 aliphatic carbocycles. The fourth-order valence-corrected chi connectivity index (χ4v) is 8.32. The number of aryl methyl sites for hydroxylation is 2. The second-order valence-electron chi connectivity index (χ2n) is 14.5. The van der Waals surface area contributed by atoms with E-state index in [1.807, 2.05) is 72.3 Å². The highest BCUT2D eigenvalue weighted by Gasteiger charge is 2.36. The Bertz CT molecular complexity index is 2430. The molecule has 0 radical (unpaired) electrons.